The number of rotatable bonds is 5. The Bertz CT molecular complexity index is 412. The van der Waals surface area contributed by atoms with Crippen molar-refractivity contribution in [2.24, 2.45) is 5.73 Å². The van der Waals surface area contributed by atoms with E-state index in [2.05, 4.69) is 0 Å². The molecule has 106 valence electrons. The Labute approximate surface area is 118 Å². The van der Waals surface area contributed by atoms with Crippen LogP contribution in [0, 0.1) is 0 Å². The van der Waals surface area contributed by atoms with Crippen LogP contribution in [0.5, 0.6) is 11.5 Å². The number of para-hydroxylation sites is 2. The lowest BCUT2D eigenvalue weighted by atomic mass is 10.2. The summed E-state index contributed by atoms with van der Waals surface area (Å²) in [6.45, 7) is 0.472. The lowest BCUT2D eigenvalue weighted by Crippen LogP contribution is -2.43. The Hall–Kier alpha value is -2.02. The van der Waals surface area contributed by atoms with Gasteiger partial charge in [-0.25, -0.2) is 0 Å². The van der Waals surface area contributed by atoms with E-state index in [0.717, 1.165) is 0 Å². The molecule has 0 aliphatic heterocycles. The fourth-order valence-corrected chi connectivity index (χ4v) is 1.24. The van der Waals surface area contributed by atoms with Gasteiger partial charge >= 0.3 is 7.32 Å². The van der Waals surface area contributed by atoms with Gasteiger partial charge in [0.2, 0.25) is 0 Å². The normalized spacial score (nSPS) is 9.15. The number of nitrogens with two attached hydrogens (primary N) is 1. The molecule has 5 nitrogen and oxygen atoms in total. The average Bonchev–Trinajstić information content (AvgIpc) is 2.49. The molecule has 20 heavy (non-hydrogen) atoms. The maximum Gasteiger partial charge on any atom is 0.492 e. The first kappa shape index (κ1) is 16.0. The molecule has 0 fully saturated rings. The van der Waals surface area contributed by atoms with Crippen LogP contribution in [-0.4, -0.2) is 25.6 Å². The molecule has 0 atom stereocenters. The second kappa shape index (κ2) is 9.86. The van der Waals surface area contributed by atoms with Crippen molar-refractivity contribution in [3.05, 3.63) is 60.7 Å². The summed E-state index contributed by atoms with van der Waals surface area (Å²) in [4.78, 5) is 0. The van der Waals surface area contributed by atoms with Crippen LogP contribution in [-0.2, 0) is 0 Å². The van der Waals surface area contributed by atoms with Gasteiger partial charge in [-0.15, -0.1) is 0 Å². The van der Waals surface area contributed by atoms with E-state index in [1.54, 1.807) is 48.5 Å². The lowest BCUT2D eigenvalue weighted by molar-refractivity contribution is -0.235. The first-order chi connectivity index (χ1) is 9.76. The quantitative estimate of drug-likeness (QED) is 0.772. The van der Waals surface area contributed by atoms with Gasteiger partial charge in [-0.1, -0.05) is 36.4 Å². The largest absolute Gasteiger partial charge is 0.808 e. The minimum atomic E-state index is -1.55. The van der Waals surface area contributed by atoms with Crippen molar-refractivity contribution in [3.8, 4) is 11.5 Å². The fourth-order valence-electron chi connectivity index (χ4n) is 1.24. The number of hydrogen-bond acceptors (Lipinski definition) is 5. The van der Waals surface area contributed by atoms with E-state index in [4.69, 9.17) is 20.1 Å². The highest BCUT2D eigenvalue weighted by molar-refractivity contribution is 6.34. The molecule has 3 N–H and O–H groups in total. The van der Waals surface area contributed by atoms with E-state index < -0.39 is 7.32 Å². The summed E-state index contributed by atoms with van der Waals surface area (Å²) in [6, 6.07) is 17.7. The molecule has 0 aliphatic carbocycles. The Morgan fingerprint density at radius 2 is 1.25 bits per heavy atom. The second-order valence-corrected chi connectivity index (χ2v) is 3.66. The van der Waals surface area contributed by atoms with Gasteiger partial charge in [0, 0.05) is 6.54 Å². The van der Waals surface area contributed by atoms with Crippen molar-refractivity contribution in [2.45, 2.75) is 0 Å². The molecule has 0 saturated heterocycles. The molecule has 0 aliphatic rings. The van der Waals surface area contributed by atoms with Crippen molar-refractivity contribution >= 4 is 7.32 Å². The van der Waals surface area contributed by atoms with Gasteiger partial charge in [0.05, 0.1) is 6.61 Å². The van der Waals surface area contributed by atoms with Crippen molar-refractivity contribution in [2.75, 3.05) is 13.2 Å². The van der Waals surface area contributed by atoms with Gasteiger partial charge in [-0.3, -0.25) is 0 Å². The summed E-state index contributed by atoms with van der Waals surface area (Å²) in [5.74, 6) is 0.997. The summed E-state index contributed by atoms with van der Waals surface area (Å²) in [5.41, 5.74) is 4.78. The van der Waals surface area contributed by atoms with Crippen LogP contribution in [0.15, 0.2) is 60.7 Å². The minimum Gasteiger partial charge on any atom is -0.808 e. The van der Waals surface area contributed by atoms with Crippen LogP contribution in [0.25, 0.3) is 0 Å². The lowest BCUT2D eigenvalue weighted by Gasteiger charge is -2.20. The van der Waals surface area contributed by atoms with Gasteiger partial charge in [0.1, 0.15) is 11.5 Å². The Morgan fingerprint density at radius 1 is 0.900 bits per heavy atom. The predicted molar refractivity (Wildman–Crippen MR) is 76.0 cm³/mol. The molecule has 0 heterocycles. The molecule has 0 unspecified atom stereocenters. The van der Waals surface area contributed by atoms with Crippen LogP contribution >= 0.6 is 0 Å². The summed E-state index contributed by atoms with van der Waals surface area (Å²) in [5, 5.41) is 19.2. The van der Waals surface area contributed by atoms with E-state index in [0.29, 0.717) is 18.0 Å². The summed E-state index contributed by atoms with van der Waals surface area (Å²) in [7, 11) is -1.55. The highest BCUT2D eigenvalue weighted by Gasteiger charge is 2.05. The number of aliphatic hydroxyl groups excluding tert-OH is 1. The van der Waals surface area contributed by atoms with Crippen molar-refractivity contribution in [1.82, 2.24) is 0 Å². The van der Waals surface area contributed by atoms with E-state index >= 15 is 0 Å². The summed E-state index contributed by atoms with van der Waals surface area (Å²) in [6.07, 6.45) is 0. The maximum atomic E-state index is 11.4. The third-order valence-electron chi connectivity index (χ3n) is 2.08. The first-order valence-corrected chi connectivity index (χ1v) is 6.16. The van der Waals surface area contributed by atoms with Crippen molar-refractivity contribution in [1.29, 1.82) is 0 Å². The zero-order valence-electron chi connectivity index (χ0n) is 11.0. The molecule has 6 heteroatoms. The molecule has 0 amide bonds. The van der Waals surface area contributed by atoms with E-state index in [1.165, 1.54) is 0 Å². The summed E-state index contributed by atoms with van der Waals surface area (Å²) < 4.78 is 10.1. The van der Waals surface area contributed by atoms with Crippen molar-refractivity contribution < 1.29 is 19.4 Å². The Kier molecular flexibility index (Phi) is 7.90. The third kappa shape index (κ3) is 6.79. The van der Waals surface area contributed by atoms with Crippen LogP contribution in [0.2, 0.25) is 0 Å². The second-order valence-electron chi connectivity index (χ2n) is 3.66. The topological polar surface area (TPSA) is 87.8 Å². The molecular formula is C14H17BNO4-. The van der Waals surface area contributed by atoms with Gasteiger partial charge in [0.15, 0.2) is 0 Å². The van der Waals surface area contributed by atoms with Gasteiger partial charge in [-0.2, -0.15) is 0 Å². The highest BCUT2D eigenvalue weighted by atomic mass is 16.7. The zero-order chi connectivity index (χ0) is 14.6. The number of aliphatic hydroxyl groups is 1. The molecule has 0 bridgehead atoms. The van der Waals surface area contributed by atoms with E-state index in [9.17, 15) is 5.02 Å². The van der Waals surface area contributed by atoms with E-state index in [-0.39, 0.29) is 6.61 Å². The minimum absolute atomic E-state index is 0.0972. The fraction of sp³-hybridized carbons (Fsp3) is 0.143. The van der Waals surface area contributed by atoms with Gasteiger partial charge in [-0.05, 0) is 24.3 Å². The van der Waals surface area contributed by atoms with Crippen LogP contribution in [0.3, 0.4) is 0 Å². The number of benzene rings is 2. The van der Waals surface area contributed by atoms with Gasteiger partial charge in [0.25, 0.3) is 0 Å². The molecule has 0 saturated carbocycles. The molecule has 2 rings (SSSR count). The maximum absolute atomic E-state index is 11.4. The van der Waals surface area contributed by atoms with Crippen molar-refractivity contribution in [3.63, 3.8) is 0 Å². The van der Waals surface area contributed by atoms with E-state index in [1.807, 2.05) is 12.1 Å². The monoisotopic (exact) mass is 274 g/mol. The summed E-state index contributed by atoms with van der Waals surface area (Å²) >= 11 is 0. The third-order valence-corrected chi connectivity index (χ3v) is 2.08. The van der Waals surface area contributed by atoms with Crippen LogP contribution in [0.4, 0.5) is 0 Å². The highest BCUT2D eigenvalue weighted by Crippen LogP contribution is 2.12. The molecule has 0 aromatic heterocycles. The average molecular weight is 274 g/mol. The molecule has 0 radical (unpaired) electrons. The van der Waals surface area contributed by atoms with Crippen LogP contribution in [0.1, 0.15) is 0 Å². The zero-order valence-corrected chi connectivity index (χ0v) is 11.0. The SMILES string of the molecule is NCCO.[O-]B(Oc1ccccc1)Oc1ccccc1. The molecule has 2 aromatic rings. The Morgan fingerprint density at radius 3 is 1.55 bits per heavy atom. The smallest absolute Gasteiger partial charge is 0.492 e. The predicted octanol–water partition coefficient (Wildman–Crippen LogP) is 0.427. The molecular weight excluding hydrogens is 257 g/mol. The molecule has 2 aromatic carbocycles. The molecule has 0 spiro atoms. The van der Waals surface area contributed by atoms with Crippen LogP contribution < -0.4 is 20.1 Å². The standard InChI is InChI=1S/C12H10BO3.C2H7NO/c14-13(15-11-7-3-1-4-8-11)16-12-9-5-2-6-10-12;3-1-2-4/h1-10H;4H,1-3H2/q-1;. The Balaban J connectivity index is 0.000000444. The number of hydrogen-bond donors (Lipinski definition) is 2. The first-order valence-electron chi connectivity index (χ1n) is 6.16. The van der Waals surface area contributed by atoms with Gasteiger partial charge < -0.3 is 25.2 Å².